The summed E-state index contributed by atoms with van der Waals surface area (Å²) in [5.74, 6) is -0.515. The number of furan rings is 1. The maximum atomic E-state index is 12.9. The van der Waals surface area contributed by atoms with Gasteiger partial charge in [-0.2, -0.15) is 0 Å². The third kappa shape index (κ3) is 5.68. The zero-order valence-electron chi connectivity index (χ0n) is 15.5. The van der Waals surface area contributed by atoms with Crippen molar-refractivity contribution >= 4 is 35.3 Å². The van der Waals surface area contributed by atoms with Crippen molar-refractivity contribution < 1.29 is 28.3 Å². The molecule has 0 atom stereocenters. The fourth-order valence-electron chi connectivity index (χ4n) is 2.51. The second-order valence-corrected chi connectivity index (χ2v) is 7.16. The van der Waals surface area contributed by atoms with Crippen LogP contribution in [0, 0.1) is 5.82 Å². The monoisotopic (exact) mass is 425 g/mol. The number of hydrogen-bond acceptors (Lipinski definition) is 5. The Labute approximate surface area is 175 Å². The minimum Gasteiger partial charge on any atom is -0.478 e. The number of allylic oxidation sites excluding steroid dienone is 1. The van der Waals surface area contributed by atoms with Crippen LogP contribution in [-0.4, -0.2) is 22.6 Å². The molecule has 0 saturated carbocycles. The van der Waals surface area contributed by atoms with Crippen molar-refractivity contribution in [3.05, 3.63) is 88.3 Å². The SMILES string of the molecule is O=C/C(=C/c1ccc(-c2ccc(C(=O)O)cc2)o1)SC(=O)NCc1ccc(F)cc1. The van der Waals surface area contributed by atoms with Crippen LogP contribution in [0.1, 0.15) is 21.7 Å². The van der Waals surface area contributed by atoms with Crippen LogP contribution >= 0.6 is 11.8 Å². The first-order chi connectivity index (χ1) is 14.4. The molecular weight excluding hydrogens is 409 g/mol. The molecule has 0 aliphatic rings. The third-order valence-corrected chi connectivity index (χ3v) is 4.78. The van der Waals surface area contributed by atoms with E-state index in [9.17, 15) is 18.8 Å². The quantitative estimate of drug-likeness (QED) is 0.410. The van der Waals surface area contributed by atoms with E-state index in [2.05, 4.69) is 5.32 Å². The van der Waals surface area contributed by atoms with Crippen molar-refractivity contribution in [2.45, 2.75) is 6.54 Å². The van der Waals surface area contributed by atoms with E-state index in [4.69, 9.17) is 9.52 Å². The molecule has 0 unspecified atom stereocenters. The highest BCUT2D eigenvalue weighted by atomic mass is 32.2. The lowest BCUT2D eigenvalue weighted by atomic mass is 10.1. The van der Waals surface area contributed by atoms with Crippen molar-refractivity contribution in [2.75, 3.05) is 0 Å². The van der Waals surface area contributed by atoms with Crippen LogP contribution in [0.4, 0.5) is 9.18 Å². The van der Waals surface area contributed by atoms with Gasteiger partial charge in [-0.1, -0.05) is 24.3 Å². The Bertz CT molecular complexity index is 1090. The first kappa shape index (κ1) is 21.1. The molecule has 0 aliphatic carbocycles. The molecule has 2 N–H and O–H groups in total. The van der Waals surface area contributed by atoms with Gasteiger partial charge in [0.15, 0.2) is 6.29 Å². The summed E-state index contributed by atoms with van der Waals surface area (Å²) in [6.45, 7) is 0.204. The highest BCUT2D eigenvalue weighted by Gasteiger charge is 2.10. The molecule has 3 aromatic rings. The predicted molar refractivity (Wildman–Crippen MR) is 111 cm³/mol. The largest absolute Gasteiger partial charge is 0.478 e. The van der Waals surface area contributed by atoms with Gasteiger partial charge in [0.25, 0.3) is 5.24 Å². The second kappa shape index (κ2) is 9.71. The number of benzene rings is 2. The molecule has 0 bridgehead atoms. The summed E-state index contributed by atoms with van der Waals surface area (Å²) in [6, 6.07) is 15.2. The number of nitrogens with one attached hydrogen (secondary N) is 1. The maximum absolute atomic E-state index is 12.9. The van der Waals surface area contributed by atoms with Gasteiger partial charge in [0.2, 0.25) is 0 Å². The standard InChI is InChI=1S/C22H16FNO5S/c23-17-7-1-14(2-8-17)12-24-22(28)30-19(13-25)11-18-9-10-20(29-18)15-3-5-16(6-4-15)21(26)27/h1-11,13H,12H2,(H,24,28)(H,26,27)/b19-11-. The molecule has 6 nitrogen and oxygen atoms in total. The molecule has 30 heavy (non-hydrogen) atoms. The van der Waals surface area contributed by atoms with E-state index in [1.165, 1.54) is 30.3 Å². The van der Waals surface area contributed by atoms with Crippen molar-refractivity contribution in [3.8, 4) is 11.3 Å². The first-order valence-corrected chi connectivity index (χ1v) is 9.57. The fraction of sp³-hybridized carbons (Fsp3) is 0.0455. The lowest BCUT2D eigenvalue weighted by Gasteiger charge is -2.04. The summed E-state index contributed by atoms with van der Waals surface area (Å²) >= 11 is 0.716. The van der Waals surface area contributed by atoms with E-state index >= 15 is 0 Å². The molecule has 0 aliphatic heterocycles. The number of carboxylic acid groups (broad SMARTS) is 1. The Morgan fingerprint density at radius 1 is 1.03 bits per heavy atom. The van der Waals surface area contributed by atoms with Gasteiger partial charge in [-0.15, -0.1) is 0 Å². The van der Waals surface area contributed by atoms with Gasteiger partial charge >= 0.3 is 5.97 Å². The molecular formula is C22H16FNO5S. The second-order valence-electron chi connectivity index (χ2n) is 6.12. The first-order valence-electron chi connectivity index (χ1n) is 8.75. The van der Waals surface area contributed by atoms with Crippen molar-refractivity contribution in [1.29, 1.82) is 0 Å². The van der Waals surface area contributed by atoms with Crippen LogP contribution in [0.15, 0.2) is 70.0 Å². The van der Waals surface area contributed by atoms with Gasteiger partial charge in [0.05, 0.1) is 10.5 Å². The van der Waals surface area contributed by atoms with Crippen LogP contribution < -0.4 is 5.32 Å². The molecule has 8 heteroatoms. The minimum absolute atomic E-state index is 0.147. The molecule has 0 radical (unpaired) electrons. The van der Waals surface area contributed by atoms with E-state index in [0.717, 1.165) is 5.56 Å². The zero-order valence-corrected chi connectivity index (χ0v) is 16.3. The van der Waals surface area contributed by atoms with Gasteiger partial charge in [-0.25, -0.2) is 9.18 Å². The number of amides is 1. The summed E-state index contributed by atoms with van der Waals surface area (Å²) in [7, 11) is 0. The van der Waals surface area contributed by atoms with Crippen molar-refractivity contribution in [2.24, 2.45) is 0 Å². The van der Waals surface area contributed by atoms with E-state index < -0.39 is 11.2 Å². The van der Waals surface area contributed by atoms with Crippen LogP contribution in [0.2, 0.25) is 0 Å². The van der Waals surface area contributed by atoms with Gasteiger partial charge in [-0.05, 0) is 59.8 Å². The Hall–Kier alpha value is -3.65. The molecule has 0 saturated heterocycles. The average molecular weight is 425 g/mol. The fourth-order valence-corrected chi connectivity index (χ4v) is 3.09. The minimum atomic E-state index is -1.02. The third-order valence-electron chi connectivity index (χ3n) is 4.00. The Balaban J connectivity index is 1.62. The van der Waals surface area contributed by atoms with Gasteiger partial charge in [-0.3, -0.25) is 9.59 Å². The number of carbonyl (C=O) groups excluding carboxylic acids is 2. The number of halogens is 1. The highest BCUT2D eigenvalue weighted by molar-refractivity contribution is 8.17. The van der Waals surface area contributed by atoms with Crippen molar-refractivity contribution in [3.63, 3.8) is 0 Å². The van der Waals surface area contributed by atoms with Gasteiger partial charge in [0, 0.05) is 12.1 Å². The van der Waals surface area contributed by atoms with Gasteiger partial charge < -0.3 is 14.8 Å². The van der Waals surface area contributed by atoms with Crippen LogP contribution in [0.5, 0.6) is 0 Å². The summed E-state index contributed by atoms with van der Waals surface area (Å²) < 4.78 is 18.6. The topological polar surface area (TPSA) is 96.6 Å². The lowest BCUT2D eigenvalue weighted by molar-refractivity contribution is -0.104. The van der Waals surface area contributed by atoms with Gasteiger partial charge in [0.1, 0.15) is 17.3 Å². The molecule has 2 aromatic carbocycles. The number of thioether (sulfide) groups is 1. The maximum Gasteiger partial charge on any atom is 0.335 e. The summed E-state index contributed by atoms with van der Waals surface area (Å²) in [4.78, 5) is 34.5. The highest BCUT2D eigenvalue weighted by Crippen LogP contribution is 2.25. The number of hydrogen-bond donors (Lipinski definition) is 2. The Morgan fingerprint density at radius 2 is 1.73 bits per heavy atom. The Kier molecular flexibility index (Phi) is 6.82. The summed E-state index contributed by atoms with van der Waals surface area (Å²) in [5.41, 5.74) is 1.57. The normalized spacial score (nSPS) is 11.2. The summed E-state index contributed by atoms with van der Waals surface area (Å²) in [6.07, 6.45) is 1.98. The predicted octanol–water partition coefficient (Wildman–Crippen LogP) is 4.97. The Morgan fingerprint density at radius 3 is 2.37 bits per heavy atom. The molecule has 3 rings (SSSR count). The summed E-state index contributed by atoms with van der Waals surface area (Å²) in [5, 5.41) is 11.1. The number of carbonyl (C=O) groups is 3. The molecule has 0 fully saturated rings. The molecule has 1 heterocycles. The average Bonchev–Trinajstić information content (AvgIpc) is 3.21. The zero-order chi connectivity index (χ0) is 21.5. The number of aromatic carboxylic acids is 1. The molecule has 1 amide bonds. The van der Waals surface area contributed by atoms with Crippen LogP contribution in [-0.2, 0) is 11.3 Å². The molecule has 1 aromatic heterocycles. The lowest BCUT2D eigenvalue weighted by Crippen LogP contribution is -2.18. The van der Waals surface area contributed by atoms with E-state index in [1.54, 1.807) is 36.4 Å². The number of rotatable bonds is 7. The van der Waals surface area contributed by atoms with E-state index in [0.29, 0.717) is 35.1 Å². The van der Waals surface area contributed by atoms with E-state index in [1.807, 2.05) is 0 Å². The van der Waals surface area contributed by atoms with Crippen molar-refractivity contribution in [1.82, 2.24) is 5.32 Å². The molecule has 152 valence electrons. The number of carboxylic acids is 1. The number of aldehydes is 1. The van der Waals surface area contributed by atoms with Crippen LogP contribution in [0.3, 0.4) is 0 Å². The van der Waals surface area contributed by atoms with E-state index in [-0.39, 0.29) is 22.8 Å². The smallest absolute Gasteiger partial charge is 0.335 e. The molecule has 0 spiro atoms. The van der Waals surface area contributed by atoms with Crippen LogP contribution in [0.25, 0.3) is 17.4 Å².